The van der Waals surface area contributed by atoms with Crippen LogP contribution in [0, 0.1) is 5.92 Å². The molecule has 0 aliphatic heterocycles. The van der Waals surface area contributed by atoms with E-state index in [4.69, 9.17) is 0 Å². The van der Waals surface area contributed by atoms with Crippen molar-refractivity contribution in [3.8, 4) is 0 Å². The van der Waals surface area contributed by atoms with E-state index in [2.05, 4.69) is 23.4 Å². The molecule has 3 nitrogen and oxygen atoms in total. The van der Waals surface area contributed by atoms with E-state index in [-0.39, 0.29) is 0 Å². The van der Waals surface area contributed by atoms with Crippen molar-refractivity contribution in [1.29, 1.82) is 0 Å². The Morgan fingerprint density at radius 1 is 1.56 bits per heavy atom. The van der Waals surface area contributed by atoms with Gasteiger partial charge in [-0.2, -0.15) is 5.10 Å². The van der Waals surface area contributed by atoms with Crippen LogP contribution >= 0.6 is 0 Å². The van der Waals surface area contributed by atoms with E-state index < -0.39 is 0 Å². The summed E-state index contributed by atoms with van der Waals surface area (Å²) in [6.45, 7) is 3.31. The molecule has 1 heterocycles. The highest BCUT2D eigenvalue weighted by atomic mass is 15.3. The summed E-state index contributed by atoms with van der Waals surface area (Å²) in [5, 5.41) is 8.15. The van der Waals surface area contributed by atoms with Crippen LogP contribution < -0.4 is 5.32 Å². The molecule has 90 valence electrons. The lowest BCUT2D eigenvalue weighted by Gasteiger charge is -2.29. The smallest absolute Gasteiger partial charge is 0.0793 e. The first-order valence-electron chi connectivity index (χ1n) is 6.52. The monoisotopic (exact) mass is 221 g/mol. The molecular weight excluding hydrogens is 198 g/mol. The number of hydrogen-bond donors (Lipinski definition) is 1. The van der Waals surface area contributed by atoms with E-state index in [9.17, 15) is 0 Å². The van der Waals surface area contributed by atoms with Crippen LogP contribution in [0.3, 0.4) is 0 Å². The van der Waals surface area contributed by atoms with Crippen LogP contribution in [0.5, 0.6) is 0 Å². The largest absolute Gasteiger partial charge is 0.309 e. The Morgan fingerprint density at radius 2 is 2.38 bits per heavy atom. The minimum absolute atomic E-state index is 0.464. The van der Waals surface area contributed by atoms with Crippen molar-refractivity contribution in [2.45, 2.75) is 45.1 Å². The van der Waals surface area contributed by atoms with Crippen molar-refractivity contribution in [3.05, 3.63) is 18.0 Å². The maximum absolute atomic E-state index is 4.53. The van der Waals surface area contributed by atoms with Crippen molar-refractivity contribution < 1.29 is 0 Å². The molecule has 0 saturated heterocycles. The normalized spacial score (nSPS) is 18.4. The molecule has 0 spiro atoms. The molecule has 1 unspecified atom stereocenters. The average Bonchev–Trinajstić information content (AvgIpc) is 2.62. The van der Waals surface area contributed by atoms with Gasteiger partial charge in [-0.25, -0.2) is 0 Å². The molecule has 1 atom stereocenters. The molecule has 0 bridgehead atoms. The van der Waals surface area contributed by atoms with E-state index in [0.29, 0.717) is 6.04 Å². The first-order chi connectivity index (χ1) is 7.79. The van der Waals surface area contributed by atoms with Crippen LogP contribution in [0.15, 0.2) is 12.3 Å². The number of aryl methyl sites for hydroxylation is 1. The summed E-state index contributed by atoms with van der Waals surface area (Å²) in [5.41, 5.74) is 1.21. The van der Waals surface area contributed by atoms with Crippen LogP contribution in [0.1, 0.15) is 50.8 Å². The first kappa shape index (κ1) is 11.6. The summed E-state index contributed by atoms with van der Waals surface area (Å²) in [7, 11) is 1.99. The van der Waals surface area contributed by atoms with E-state index in [1.807, 2.05) is 17.9 Å². The maximum Gasteiger partial charge on any atom is 0.0793 e. The predicted molar refractivity (Wildman–Crippen MR) is 66.2 cm³/mol. The third-order valence-corrected chi connectivity index (χ3v) is 3.53. The number of aromatic nitrogens is 2. The van der Waals surface area contributed by atoms with Gasteiger partial charge >= 0.3 is 0 Å². The van der Waals surface area contributed by atoms with Crippen molar-refractivity contribution in [1.82, 2.24) is 15.1 Å². The van der Waals surface area contributed by atoms with E-state index in [0.717, 1.165) is 12.5 Å². The highest BCUT2D eigenvalue weighted by Crippen LogP contribution is 2.34. The zero-order valence-electron chi connectivity index (χ0n) is 10.4. The SMILES string of the molecule is CCCNC(CC1CCC1)c1ccn(C)n1. The van der Waals surface area contributed by atoms with E-state index in [1.54, 1.807) is 0 Å². The second kappa shape index (κ2) is 5.48. The second-order valence-electron chi connectivity index (χ2n) is 4.95. The summed E-state index contributed by atoms with van der Waals surface area (Å²) in [4.78, 5) is 0. The standard InChI is InChI=1S/C13H23N3/c1-3-8-14-13(10-11-5-4-6-11)12-7-9-16(2)15-12/h7,9,11,13-14H,3-6,8,10H2,1-2H3. The molecule has 1 aliphatic rings. The Balaban J connectivity index is 1.95. The van der Waals surface area contributed by atoms with Gasteiger partial charge in [-0.1, -0.05) is 26.2 Å². The van der Waals surface area contributed by atoms with Gasteiger partial charge in [0.05, 0.1) is 11.7 Å². The molecule has 1 aromatic rings. The number of nitrogens with one attached hydrogen (secondary N) is 1. The fourth-order valence-corrected chi connectivity index (χ4v) is 2.31. The van der Waals surface area contributed by atoms with Crippen molar-refractivity contribution in [3.63, 3.8) is 0 Å². The highest BCUT2D eigenvalue weighted by molar-refractivity contribution is 5.06. The van der Waals surface area contributed by atoms with E-state index in [1.165, 1.54) is 37.8 Å². The average molecular weight is 221 g/mol. The third-order valence-electron chi connectivity index (χ3n) is 3.53. The maximum atomic E-state index is 4.53. The van der Waals surface area contributed by atoms with Gasteiger partial charge in [0.15, 0.2) is 0 Å². The number of hydrogen-bond acceptors (Lipinski definition) is 2. The lowest BCUT2D eigenvalue weighted by atomic mass is 9.80. The van der Waals surface area contributed by atoms with Gasteiger partial charge in [0, 0.05) is 13.2 Å². The van der Waals surface area contributed by atoms with Gasteiger partial charge in [-0.3, -0.25) is 4.68 Å². The molecule has 0 radical (unpaired) electrons. The molecule has 1 aromatic heterocycles. The molecule has 0 aromatic carbocycles. The summed E-state index contributed by atoms with van der Waals surface area (Å²) < 4.78 is 1.90. The lowest BCUT2D eigenvalue weighted by Crippen LogP contribution is -2.27. The highest BCUT2D eigenvalue weighted by Gasteiger charge is 2.23. The third kappa shape index (κ3) is 2.85. The molecule has 1 N–H and O–H groups in total. The number of nitrogens with zero attached hydrogens (tertiary/aromatic N) is 2. The summed E-state index contributed by atoms with van der Waals surface area (Å²) in [6, 6.07) is 2.61. The Hall–Kier alpha value is -0.830. The Morgan fingerprint density at radius 3 is 2.88 bits per heavy atom. The number of rotatable bonds is 6. The van der Waals surface area contributed by atoms with Crippen LogP contribution in [-0.4, -0.2) is 16.3 Å². The van der Waals surface area contributed by atoms with Gasteiger partial charge in [0.2, 0.25) is 0 Å². The van der Waals surface area contributed by atoms with Crippen LogP contribution in [-0.2, 0) is 7.05 Å². The minimum Gasteiger partial charge on any atom is -0.309 e. The summed E-state index contributed by atoms with van der Waals surface area (Å²) in [6.07, 6.45) is 8.74. The van der Waals surface area contributed by atoms with Gasteiger partial charge in [-0.05, 0) is 31.4 Å². The van der Waals surface area contributed by atoms with Gasteiger partial charge in [0.1, 0.15) is 0 Å². The van der Waals surface area contributed by atoms with Crippen LogP contribution in [0.4, 0.5) is 0 Å². The predicted octanol–water partition coefficient (Wildman–Crippen LogP) is 2.65. The van der Waals surface area contributed by atoms with Crippen molar-refractivity contribution in [2.24, 2.45) is 13.0 Å². The fourth-order valence-electron chi connectivity index (χ4n) is 2.31. The molecule has 0 amide bonds. The van der Waals surface area contributed by atoms with Crippen molar-refractivity contribution >= 4 is 0 Å². The van der Waals surface area contributed by atoms with Crippen LogP contribution in [0.25, 0.3) is 0 Å². The molecule has 1 saturated carbocycles. The lowest BCUT2D eigenvalue weighted by molar-refractivity contribution is 0.259. The van der Waals surface area contributed by atoms with Crippen LogP contribution in [0.2, 0.25) is 0 Å². The van der Waals surface area contributed by atoms with Gasteiger partial charge in [-0.15, -0.1) is 0 Å². The topological polar surface area (TPSA) is 29.9 Å². The molecular formula is C13H23N3. The molecule has 16 heavy (non-hydrogen) atoms. The first-order valence-corrected chi connectivity index (χ1v) is 6.52. The minimum atomic E-state index is 0.464. The molecule has 1 fully saturated rings. The quantitative estimate of drug-likeness (QED) is 0.800. The molecule has 1 aliphatic carbocycles. The van der Waals surface area contributed by atoms with Gasteiger partial charge in [0.25, 0.3) is 0 Å². The Kier molecular flexibility index (Phi) is 3.99. The zero-order valence-corrected chi connectivity index (χ0v) is 10.4. The van der Waals surface area contributed by atoms with Gasteiger partial charge < -0.3 is 5.32 Å². The second-order valence-corrected chi connectivity index (χ2v) is 4.95. The summed E-state index contributed by atoms with van der Waals surface area (Å²) in [5.74, 6) is 0.927. The van der Waals surface area contributed by atoms with E-state index >= 15 is 0 Å². The molecule has 2 rings (SSSR count). The zero-order chi connectivity index (χ0) is 11.4. The Bertz CT molecular complexity index is 315. The Labute approximate surface area is 98.2 Å². The molecule has 3 heteroatoms. The summed E-state index contributed by atoms with van der Waals surface area (Å²) >= 11 is 0. The fraction of sp³-hybridized carbons (Fsp3) is 0.769. The van der Waals surface area contributed by atoms with Crippen molar-refractivity contribution in [2.75, 3.05) is 6.54 Å².